The Morgan fingerprint density at radius 3 is 1.97 bits per heavy atom. The molecule has 2 rings (SSSR count). The summed E-state index contributed by atoms with van der Waals surface area (Å²) in [7, 11) is 0. The second kappa shape index (κ2) is 16.4. The quantitative estimate of drug-likeness (QED) is 0.377. The number of nitrogens with zero attached hydrogens (tertiary/aromatic N) is 2. The first-order chi connectivity index (χ1) is 15.9. The molecule has 1 atom stereocenters. The standard InChI is InChI=1S/C18H26ClNO2.C6H6FN.C4H10/c1-5-12-18(7-3,14(4)21)20(17(22)6-2)13-15-8-10-16(19)11-9-15;1-5-2-3-6(7)4-8-5;1-4(2)3/h8-11H,5-7,12-13H2,1-4H3;2-4H,1H3;4H,1-3H3. The van der Waals surface area contributed by atoms with Crippen molar-refractivity contribution in [2.75, 3.05) is 0 Å². The maximum Gasteiger partial charge on any atom is 0.223 e. The van der Waals surface area contributed by atoms with Gasteiger partial charge in [-0.05, 0) is 62.4 Å². The topological polar surface area (TPSA) is 50.3 Å². The molecular weight excluding hydrogens is 451 g/mol. The zero-order valence-electron chi connectivity index (χ0n) is 22.1. The SMILES string of the molecule is CC(C)C.CCCC(CC)(C(C)=O)N(Cc1ccc(Cl)cc1)C(=O)CC.Cc1ccc(F)cn1. The minimum Gasteiger partial charge on any atom is -0.326 e. The largest absolute Gasteiger partial charge is 0.326 e. The number of hydrogen-bond donors (Lipinski definition) is 0. The van der Waals surface area contributed by atoms with Gasteiger partial charge >= 0.3 is 0 Å². The van der Waals surface area contributed by atoms with E-state index >= 15 is 0 Å². The molecule has 0 aliphatic rings. The van der Waals surface area contributed by atoms with Gasteiger partial charge in [0.05, 0.1) is 6.20 Å². The van der Waals surface area contributed by atoms with Gasteiger partial charge in [0.25, 0.3) is 0 Å². The Kier molecular flexibility index (Phi) is 15.3. The Balaban J connectivity index is 0.000000740. The third kappa shape index (κ3) is 11.2. The summed E-state index contributed by atoms with van der Waals surface area (Å²) in [6, 6.07) is 10.5. The highest BCUT2D eigenvalue weighted by molar-refractivity contribution is 6.30. The Morgan fingerprint density at radius 1 is 1.06 bits per heavy atom. The number of carbonyl (C=O) groups is 2. The maximum absolute atomic E-state index is 12.5. The molecule has 1 amide bonds. The summed E-state index contributed by atoms with van der Waals surface area (Å²) >= 11 is 5.92. The predicted molar refractivity (Wildman–Crippen MR) is 140 cm³/mol. The average molecular weight is 493 g/mol. The molecule has 0 radical (unpaired) electrons. The number of aromatic nitrogens is 1. The van der Waals surface area contributed by atoms with Gasteiger partial charge in [-0.25, -0.2) is 4.39 Å². The van der Waals surface area contributed by atoms with Crippen LogP contribution in [-0.4, -0.2) is 27.1 Å². The van der Waals surface area contributed by atoms with E-state index in [-0.39, 0.29) is 17.5 Å². The Hall–Kier alpha value is -2.27. The van der Waals surface area contributed by atoms with Gasteiger partial charge in [-0.2, -0.15) is 0 Å². The molecule has 0 fully saturated rings. The van der Waals surface area contributed by atoms with Gasteiger partial charge in [0, 0.05) is 23.7 Å². The smallest absolute Gasteiger partial charge is 0.223 e. The third-order valence-corrected chi connectivity index (χ3v) is 5.41. The summed E-state index contributed by atoms with van der Waals surface area (Å²) in [4.78, 5) is 30.4. The highest BCUT2D eigenvalue weighted by Gasteiger charge is 2.41. The molecule has 0 N–H and O–H groups in total. The summed E-state index contributed by atoms with van der Waals surface area (Å²) in [5.41, 5.74) is 1.12. The van der Waals surface area contributed by atoms with Crippen LogP contribution in [0.15, 0.2) is 42.6 Å². The van der Waals surface area contributed by atoms with Crippen molar-refractivity contribution < 1.29 is 14.0 Å². The van der Waals surface area contributed by atoms with Crippen molar-refractivity contribution >= 4 is 23.3 Å². The minimum atomic E-state index is -0.707. The summed E-state index contributed by atoms with van der Waals surface area (Å²) in [6.07, 6.45) is 3.79. The van der Waals surface area contributed by atoms with Crippen molar-refractivity contribution in [3.8, 4) is 0 Å². The summed E-state index contributed by atoms with van der Waals surface area (Å²) in [5.74, 6) is 0.628. The van der Waals surface area contributed by atoms with Gasteiger partial charge in [-0.1, -0.05) is 71.7 Å². The van der Waals surface area contributed by atoms with Crippen LogP contribution in [0.3, 0.4) is 0 Å². The average Bonchev–Trinajstić information content (AvgIpc) is 2.78. The van der Waals surface area contributed by atoms with Crippen LogP contribution >= 0.6 is 11.6 Å². The van der Waals surface area contributed by atoms with Crippen molar-refractivity contribution in [1.29, 1.82) is 0 Å². The number of aryl methyl sites for hydroxylation is 1. The van der Waals surface area contributed by atoms with Crippen LogP contribution in [0.4, 0.5) is 4.39 Å². The number of benzene rings is 1. The van der Waals surface area contributed by atoms with E-state index in [9.17, 15) is 14.0 Å². The number of hydrogen-bond acceptors (Lipinski definition) is 3. The molecule has 1 aromatic heterocycles. The molecule has 190 valence electrons. The molecule has 2 aromatic rings. The fourth-order valence-electron chi connectivity index (χ4n) is 3.42. The van der Waals surface area contributed by atoms with Gasteiger partial charge in [0.1, 0.15) is 11.4 Å². The van der Waals surface area contributed by atoms with Crippen LogP contribution in [0.1, 0.15) is 85.4 Å². The van der Waals surface area contributed by atoms with Crippen LogP contribution in [-0.2, 0) is 16.1 Å². The number of rotatable bonds is 8. The minimum absolute atomic E-state index is 0.0143. The van der Waals surface area contributed by atoms with Gasteiger partial charge in [-0.3, -0.25) is 14.6 Å². The van der Waals surface area contributed by atoms with E-state index in [0.29, 0.717) is 30.8 Å². The van der Waals surface area contributed by atoms with Gasteiger partial charge < -0.3 is 4.90 Å². The van der Waals surface area contributed by atoms with E-state index in [1.165, 1.54) is 12.3 Å². The highest BCUT2D eigenvalue weighted by atomic mass is 35.5. The Morgan fingerprint density at radius 2 is 1.62 bits per heavy atom. The molecule has 0 saturated heterocycles. The van der Waals surface area contributed by atoms with Crippen LogP contribution in [0.25, 0.3) is 0 Å². The van der Waals surface area contributed by atoms with Gasteiger partial charge in [0.2, 0.25) is 5.91 Å². The number of ketones is 1. The second-order valence-corrected chi connectivity index (χ2v) is 9.44. The molecule has 1 aromatic carbocycles. The third-order valence-electron chi connectivity index (χ3n) is 5.15. The van der Waals surface area contributed by atoms with Crippen LogP contribution < -0.4 is 0 Å². The van der Waals surface area contributed by atoms with E-state index in [1.54, 1.807) is 17.9 Å². The number of Topliss-reactive ketones (excluding diaryl/α,β-unsaturated/α-hetero) is 1. The van der Waals surface area contributed by atoms with Crippen LogP contribution in [0.2, 0.25) is 5.02 Å². The normalized spacial score (nSPS) is 12.0. The van der Waals surface area contributed by atoms with Crippen molar-refractivity contribution in [3.05, 3.63) is 64.7 Å². The van der Waals surface area contributed by atoms with Crippen molar-refractivity contribution in [1.82, 2.24) is 9.88 Å². The van der Waals surface area contributed by atoms with E-state index < -0.39 is 5.54 Å². The van der Waals surface area contributed by atoms with E-state index in [1.807, 2.05) is 52.0 Å². The lowest BCUT2D eigenvalue weighted by Gasteiger charge is -2.42. The first-order valence-corrected chi connectivity index (χ1v) is 12.4. The summed E-state index contributed by atoms with van der Waals surface area (Å²) in [5, 5.41) is 0.666. The Bertz CT molecular complexity index is 830. The molecule has 1 heterocycles. The fourth-order valence-corrected chi connectivity index (χ4v) is 3.55. The van der Waals surface area contributed by atoms with Crippen molar-refractivity contribution in [2.24, 2.45) is 5.92 Å². The van der Waals surface area contributed by atoms with Crippen LogP contribution in [0, 0.1) is 18.7 Å². The molecule has 6 heteroatoms. The zero-order valence-corrected chi connectivity index (χ0v) is 22.9. The van der Waals surface area contributed by atoms with E-state index in [2.05, 4.69) is 25.8 Å². The fraction of sp³-hybridized carbons (Fsp3) is 0.536. The van der Waals surface area contributed by atoms with Crippen molar-refractivity contribution in [3.63, 3.8) is 0 Å². The molecule has 0 bridgehead atoms. The van der Waals surface area contributed by atoms with Crippen molar-refractivity contribution in [2.45, 2.75) is 93.2 Å². The molecule has 4 nitrogen and oxygen atoms in total. The number of halogens is 2. The Labute approximate surface area is 210 Å². The number of pyridine rings is 1. The van der Waals surface area contributed by atoms with Gasteiger partial charge in [-0.15, -0.1) is 0 Å². The molecular formula is C28H42ClFN2O2. The molecule has 34 heavy (non-hydrogen) atoms. The lowest BCUT2D eigenvalue weighted by molar-refractivity contribution is -0.147. The first-order valence-electron chi connectivity index (χ1n) is 12.1. The summed E-state index contributed by atoms with van der Waals surface area (Å²) < 4.78 is 12.0. The second-order valence-electron chi connectivity index (χ2n) is 9.00. The number of carbonyl (C=O) groups excluding carboxylic acids is 2. The van der Waals surface area contributed by atoms with Crippen LogP contribution in [0.5, 0.6) is 0 Å². The van der Waals surface area contributed by atoms with E-state index in [0.717, 1.165) is 23.6 Å². The molecule has 1 unspecified atom stereocenters. The predicted octanol–water partition coefficient (Wildman–Crippen LogP) is 7.81. The first kappa shape index (κ1) is 31.7. The summed E-state index contributed by atoms with van der Waals surface area (Å²) in [6.45, 7) is 16.2. The highest BCUT2D eigenvalue weighted by Crippen LogP contribution is 2.30. The lowest BCUT2D eigenvalue weighted by Crippen LogP contribution is -2.55. The van der Waals surface area contributed by atoms with E-state index in [4.69, 9.17) is 11.6 Å². The monoisotopic (exact) mass is 492 g/mol. The zero-order chi connectivity index (χ0) is 26.3. The molecule has 0 aliphatic heterocycles. The maximum atomic E-state index is 12.5. The lowest BCUT2D eigenvalue weighted by atomic mass is 9.84. The molecule has 0 saturated carbocycles. The number of amides is 1. The molecule has 0 spiro atoms. The molecule has 0 aliphatic carbocycles. The van der Waals surface area contributed by atoms with Gasteiger partial charge in [0.15, 0.2) is 5.78 Å².